The van der Waals surface area contributed by atoms with Crippen LogP contribution in [-0.4, -0.2) is 27.0 Å². The van der Waals surface area contributed by atoms with Gasteiger partial charge in [-0.3, -0.25) is 14.9 Å². The zero-order valence-electron chi connectivity index (χ0n) is 10.3. The van der Waals surface area contributed by atoms with Crippen molar-refractivity contribution in [3.8, 4) is 0 Å². The number of halogens is 1. The Morgan fingerprint density at radius 2 is 2.37 bits per heavy atom. The quantitative estimate of drug-likeness (QED) is 0.590. The van der Waals surface area contributed by atoms with Crippen LogP contribution in [0, 0.1) is 10.1 Å². The Morgan fingerprint density at radius 3 is 2.84 bits per heavy atom. The minimum atomic E-state index is -0.927. The van der Waals surface area contributed by atoms with Crippen LogP contribution < -0.4 is 5.32 Å². The van der Waals surface area contributed by atoms with Gasteiger partial charge in [-0.25, -0.2) is 4.98 Å². The van der Waals surface area contributed by atoms with Crippen LogP contribution in [0.15, 0.2) is 12.3 Å². The predicted octanol–water partition coefficient (Wildman–Crippen LogP) is 2.70. The van der Waals surface area contributed by atoms with Gasteiger partial charge in [0.15, 0.2) is 0 Å². The third-order valence-corrected chi connectivity index (χ3v) is 2.72. The molecule has 104 valence electrons. The van der Waals surface area contributed by atoms with Crippen molar-refractivity contribution in [1.82, 2.24) is 4.98 Å². The fourth-order valence-corrected chi connectivity index (χ4v) is 1.83. The molecule has 0 saturated heterocycles. The molecule has 0 bridgehead atoms. The van der Waals surface area contributed by atoms with Gasteiger partial charge >= 0.3 is 5.97 Å². The highest BCUT2D eigenvalue weighted by atomic mass is 35.5. The highest BCUT2D eigenvalue weighted by Gasteiger charge is 2.16. The fourth-order valence-electron chi connectivity index (χ4n) is 1.61. The Balaban J connectivity index is 2.84. The number of pyridine rings is 1. The number of aromatic nitrogens is 1. The van der Waals surface area contributed by atoms with Crippen molar-refractivity contribution in [1.29, 1.82) is 0 Å². The van der Waals surface area contributed by atoms with Gasteiger partial charge in [0.25, 0.3) is 5.69 Å². The molecule has 0 aliphatic carbocycles. The third kappa shape index (κ3) is 4.70. The molecule has 1 rings (SSSR count). The molecule has 1 atom stereocenters. The van der Waals surface area contributed by atoms with Crippen LogP contribution in [0.4, 0.5) is 11.5 Å². The summed E-state index contributed by atoms with van der Waals surface area (Å²) in [5.41, 5.74) is -0.208. The average Bonchev–Trinajstić information content (AvgIpc) is 2.31. The number of carbonyl (C=O) groups is 1. The molecule has 1 unspecified atom stereocenters. The number of carboxylic acid groups (broad SMARTS) is 1. The highest BCUT2D eigenvalue weighted by Crippen LogP contribution is 2.25. The zero-order chi connectivity index (χ0) is 14.4. The molecule has 0 spiro atoms. The molecule has 0 aromatic carbocycles. The zero-order valence-corrected chi connectivity index (χ0v) is 11.1. The van der Waals surface area contributed by atoms with Gasteiger partial charge in [0.05, 0.1) is 16.4 Å². The molecule has 0 saturated carbocycles. The number of nitrogens with zero attached hydrogens (tertiary/aromatic N) is 2. The van der Waals surface area contributed by atoms with E-state index in [0.29, 0.717) is 6.42 Å². The van der Waals surface area contributed by atoms with Crippen molar-refractivity contribution in [3.63, 3.8) is 0 Å². The average molecular weight is 288 g/mol. The van der Waals surface area contributed by atoms with E-state index < -0.39 is 10.9 Å². The van der Waals surface area contributed by atoms with E-state index in [0.717, 1.165) is 12.6 Å². The van der Waals surface area contributed by atoms with E-state index in [-0.39, 0.29) is 29.0 Å². The van der Waals surface area contributed by atoms with Crippen molar-refractivity contribution in [3.05, 3.63) is 27.4 Å². The first-order chi connectivity index (χ1) is 8.93. The summed E-state index contributed by atoms with van der Waals surface area (Å²) in [5.74, 6) is -0.670. The van der Waals surface area contributed by atoms with E-state index >= 15 is 0 Å². The van der Waals surface area contributed by atoms with Crippen molar-refractivity contribution in [2.75, 3.05) is 5.32 Å². The molecule has 1 aromatic heterocycles. The first-order valence-electron chi connectivity index (χ1n) is 5.72. The lowest BCUT2D eigenvalue weighted by molar-refractivity contribution is -0.385. The monoisotopic (exact) mass is 287 g/mol. The summed E-state index contributed by atoms with van der Waals surface area (Å²) in [5, 5.41) is 22.3. The molecule has 1 heterocycles. The largest absolute Gasteiger partial charge is 0.481 e. The van der Waals surface area contributed by atoms with Crippen LogP contribution in [0.5, 0.6) is 0 Å². The number of carboxylic acids is 1. The number of hydrogen-bond acceptors (Lipinski definition) is 5. The van der Waals surface area contributed by atoms with Gasteiger partial charge in [0.2, 0.25) is 0 Å². The minimum Gasteiger partial charge on any atom is -0.481 e. The van der Waals surface area contributed by atoms with E-state index in [1.54, 1.807) is 0 Å². The first-order valence-corrected chi connectivity index (χ1v) is 6.10. The molecular weight excluding hydrogens is 274 g/mol. The minimum absolute atomic E-state index is 0.0666. The van der Waals surface area contributed by atoms with Crippen LogP contribution in [0.2, 0.25) is 5.02 Å². The first kappa shape index (κ1) is 15.2. The van der Waals surface area contributed by atoms with E-state index in [9.17, 15) is 14.9 Å². The van der Waals surface area contributed by atoms with Gasteiger partial charge in [-0.2, -0.15) is 0 Å². The van der Waals surface area contributed by atoms with Crippen molar-refractivity contribution >= 4 is 29.1 Å². The second kappa shape index (κ2) is 6.89. The maximum absolute atomic E-state index is 10.7. The number of anilines is 1. The van der Waals surface area contributed by atoms with Crippen molar-refractivity contribution < 1.29 is 14.8 Å². The van der Waals surface area contributed by atoms with Crippen LogP contribution in [-0.2, 0) is 4.79 Å². The van der Waals surface area contributed by atoms with Crippen molar-refractivity contribution in [2.24, 2.45) is 0 Å². The Labute approximate surface area is 114 Å². The number of nitro groups is 1. The SMILES string of the molecule is CCCC(CC(=O)O)Nc1ncc([N+](=O)[O-])cc1Cl. The topological polar surface area (TPSA) is 105 Å². The van der Waals surface area contributed by atoms with Gasteiger partial charge < -0.3 is 10.4 Å². The smallest absolute Gasteiger partial charge is 0.305 e. The summed E-state index contributed by atoms with van der Waals surface area (Å²) in [6.45, 7) is 1.93. The fraction of sp³-hybridized carbons (Fsp3) is 0.455. The molecule has 19 heavy (non-hydrogen) atoms. The van der Waals surface area contributed by atoms with E-state index in [4.69, 9.17) is 16.7 Å². The summed E-state index contributed by atoms with van der Waals surface area (Å²) < 4.78 is 0. The maximum atomic E-state index is 10.7. The van der Waals surface area contributed by atoms with Crippen LogP contribution in [0.1, 0.15) is 26.2 Å². The molecule has 2 N–H and O–H groups in total. The van der Waals surface area contributed by atoms with Gasteiger partial charge in [0, 0.05) is 12.1 Å². The Hall–Kier alpha value is -1.89. The third-order valence-electron chi connectivity index (χ3n) is 2.44. The maximum Gasteiger partial charge on any atom is 0.305 e. The predicted molar refractivity (Wildman–Crippen MR) is 70.5 cm³/mol. The molecule has 0 fully saturated rings. The van der Waals surface area contributed by atoms with Gasteiger partial charge in [-0.15, -0.1) is 0 Å². The summed E-state index contributed by atoms with van der Waals surface area (Å²) in [7, 11) is 0. The second-order valence-corrected chi connectivity index (χ2v) is 4.42. The number of nitrogens with one attached hydrogen (secondary N) is 1. The van der Waals surface area contributed by atoms with Crippen molar-refractivity contribution in [2.45, 2.75) is 32.2 Å². The van der Waals surface area contributed by atoms with E-state index in [1.165, 1.54) is 6.07 Å². The van der Waals surface area contributed by atoms with E-state index in [1.807, 2.05) is 6.92 Å². The van der Waals surface area contributed by atoms with Gasteiger partial charge in [-0.1, -0.05) is 24.9 Å². The van der Waals surface area contributed by atoms with E-state index in [2.05, 4.69) is 10.3 Å². The molecule has 0 aliphatic rings. The number of aliphatic carboxylic acids is 1. The molecule has 0 radical (unpaired) electrons. The summed E-state index contributed by atoms with van der Waals surface area (Å²) in [6, 6.07) is 0.870. The summed E-state index contributed by atoms with van der Waals surface area (Å²) in [6.07, 6.45) is 2.46. The molecular formula is C11H14ClN3O4. The Morgan fingerprint density at radius 1 is 1.68 bits per heavy atom. The molecule has 1 aromatic rings. The lowest BCUT2D eigenvalue weighted by Gasteiger charge is -2.17. The Kier molecular flexibility index (Phi) is 5.50. The lowest BCUT2D eigenvalue weighted by Crippen LogP contribution is -2.23. The highest BCUT2D eigenvalue weighted by molar-refractivity contribution is 6.33. The molecule has 7 nitrogen and oxygen atoms in total. The molecule has 0 aliphatic heterocycles. The number of hydrogen-bond donors (Lipinski definition) is 2. The standard InChI is InChI=1S/C11H14ClN3O4/c1-2-3-7(4-10(16)17)14-11-9(12)5-8(6-13-11)15(18)19/h5-7H,2-4H2,1H3,(H,13,14)(H,16,17). The van der Waals surface area contributed by atoms with Gasteiger partial charge in [-0.05, 0) is 6.42 Å². The van der Waals surface area contributed by atoms with Crippen LogP contribution in [0.25, 0.3) is 0 Å². The van der Waals surface area contributed by atoms with Crippen LogP contribution in [0.3, 0.4) is 0 Å². The molecule has 0 amide bonds. The normalized spacial score (nSPS) is 11.9. The second-order valence-electron chi connectivity index (χ2n) is 4.01. The lowest BCUT2D eigenvalue weighted by atomic mass is 10.1. The van der Waals surface area contributed by atoms with Gasteiger partial charge in [0.1, 0.15) is 12.0 Å². The van der Waals surface area contributed by atoms with Crippen LogP contribution >= 0.6 is 11.6 Å². The summed E-state index contributed by atoms with van der Waals surface area (Å²) in [4.78, 5) is 24.5. The molecule has 8 heteroatoms. The number of rotatable bonds is 7. The Bertz CT molecular complexity index is 481. The summed E-state index contributed by atoms with van der Waals surface area (Å²) >= 11 is 5.88.